The smallest absolute Gasteiger partial charge is 0.353 e. The highest BCUT2D eigenvalue weighted by molar-refractivity contribution is 6.30. The van der Waals surface area contributed by atoms with Crippen molar-refractivity contribution in [1.29, 1.82) is 0 Å². The third-order valence-corrected chi connectivity index (χ3v) is 3.91. The predicted molar refractivity (Wildman–Crippen MR) is 85.4 cm³/mol. The number of hydrogen-bond donors (Lipinski definition) is 1. The van der Waals surface area contributed by atoms with Gasteiger partial charge < -0.3 is 5.32 Å². The molecular weight excluding hydrogens is 329 g/mol. The highest BCUT2D eigenvalue weighted by atomic mass is 35.5. The van der Waals surface area contributed by atoms with Gasteiger partial charge in [-0.05, 0) is 37.7 Å². The molecule has 2 atom stereocenters. The van der Waals surface area contributed by atoms with Crippen molar-refractivity contribution in [1.82, 2.24) is 10.2 Å². The minimum atomic E-state index is -4.36. The summed E-state index contributed by atoms with van der Waals surface area (Å²) in [4.78, 5) is 13.7. The Morgan fingerprint density at radius 2 is 1.74 bits per heavy atom. The van der Waals surface area contributed by atoms with E-state index in [0.717, 1.165) is 17.7 Å². The summed E-state index contributed by atoms with van der Waals surface area (Å²) in [5.41, 5.74) is 0.0437. The van der Waals surface area contributed by atoms with Gasteiger partial charge in [0.25, 0.3) is 0 Å². The van der Waals surface area contributed by atoms with Crippen molar-refractivity contribution >= 4 is 17.5 Å². The van der Waals surface area contributed by atoms with E-state index in [0.29, 0.717) is 19.6 Å². The molecule has 0 fully saturated rings. The molecule has 0 bridgehead atoms. The second-order valence-electron chi connectivity index (χ2n) is 5.22. The summed E-state index contributed by atoms with van der Waals surface area (Å²) < 4.78 is 38.0. The van der Waals surface area contributed by atoms with Gasteiger partial charge in [-0.1, -0.05) is 26.0 Å². The first-order chi connectivity index (χ1) is 10.7. The van der Waals surface area contributed by atoms with Crippen LogP contribution in [0.2, 0.25) is 0 Å². The van der Waals surface area contributed by atoms with Crippen molar-refractivity contribution < 1.29 is 18.0 Å². The molecule has 23 heavy (non-hydrogen) atoms. The lowest BCUT2D eigenvalue weighted by Gasteiger charge is -2.30. The Balaban J connectivity index is 2.97. The molecule has 7 heteroatoms. The van der Waals surface area contributed by atoms with Crippen molar-refractivity contribution in [3.05, 3.63) is 35.4 Å². The molecule has 0 aliphatic carbocycles. The van der Waals surface area contributed by atoms with Gasteiger partial charge in [-0.25, -0.2) is 0 Å². The van der Waals surface area contributed by atoms with Gasteiger partial charge in [-0.15, -0.1) is 11.6 Å². The van der Waals surface area contributed by atoms with Crippen molar-refractivity contribution in [2.24, 2.45) is 0 Å². The zero-order valence-electron chi connectivity index (χ0n) is 13.5. The Labute approximate surface area is 139 Å². The standard InChI is InChI=1S/C16H22ClF3N2O/c1-4-22(5-2)14(10-21-15(23)11(3)17)12-6-8-13(9-7-12)16(18,19)20/h6-9,11,14H,4-5,10H2,1-3H3,(H,21,23). The lowest BCUT2D eigenvalue weighted by atomic mass is 10.0. The quantitative estimate of drug-likeness (QED) is 0.758. The van der Waals surface area contributed by atoms with E-state index in [4.69, 9.17) is 11.6 Å². The largest absolute Gasteiger partial charge is 0.416 e. The molecule has 1 amide bonds. The minimum absolute atomic E-state index is 0.202. The SMILES string of the molecule is CCN(CC)C(CNC(=O)C(C)Cl)c1ccc(C(F)(F)F)cc1. The maximum Gasteiger partial charge on any atom is 0.416 e. The molecule has 1 rings (SSSR count). The van der Waals surface area contributed by atoms with Crippen LogP contribution in [0.5, 0.6) is 0 Å². The van der Waals surface area contributed by atoms with Crippen LogP contribution in [-0.4, -0.2) is 35.8 Å². The Bertz CT molecular complexity index is 499. The second kappa shape index (κ2) is 8.55. The molecule has 1 aromatic rings. The predicted octanol–water partition coefficient (Wildman–Crippen LogP) is 3.83. The number of halogens is 4. The van der Waals surface area contributed by atoms with Crippen LogP contribution in [0.15, 0.2) is 24.3 Å². The maximum absolute atomic E-state index is 12.7. The fourth-order valence-electron chi connectivity index (χ4n) is 2.35. The average Bonchev–Trinajstić information content (AvgIpc) is 2.50. The highest BCUT2D eigenvalue weighted by Crippen LogP contribution is 2.30. The first-order valence-electron chi connectivity index (χ1n) is 7.53. The van der Waals surface area contributed by atoms with Gasteiger partial charge in [-0.2, -0.15) is 13.2 Å². The van der Waals surface area contributed by atoms with Gasteiger partial charge in [0.2, 0.25) is 5.91 Å². The number of alkyl halides is 4. The van der Waals surface area contributed by atoms with Crippen molar-refractivity contribution in [3.8, 4) is 0 Å². The third kappa shape index (κ3) is 5.70. The summed E-state index contributed by atoms with van der Waals surface area (Å²) in [6, 6.07) is 4.85. The normalized spacial score (nSPS) is 14.6. The van der Waals surface area contributed by atoms with E-state index < -0.39 is 17.1 Å². The first kappa shape index (κ1) is 19.8. The maximum atomic E-state index is 12.7. The highest BCUT2D eigenvalue weighted by Gasteiger charge is 2.30. The van der Waals surface area contributed by atoms with E-state index in [1.165, 1.54) is 12.1 Å². The van der Waals surface area contributed by atoms with Crippen LogP contribution >= 0.6 is 11.6 Å². The summed E-state index contributed by atoms with van der Waals surface area (Å²) in [6.07, 6.45) is -4.36. The molecule has 0 heterocycles. The van der Waals surface area contributed by atoms with Gasteiger partial charge in [0.05, 0.1) is 11.6 Å². The van der Waals surface area contributed by atoms with Gasteiger partial charge in [0.15, 0.2) is 0 Å². The van der Waals surface area contributed by atoms with Crippen LogP contribution in [0.3, 0.4) is 0 Å². The number of carbonyl (C=O) groups excluding carboxylic acids is 1. The monoisotopic (exact) mass is 350 g/mol. The number of hydrogen-bond acceptors (Lipinski definition) is 2. The lowest BCUT2D eigenvalue weighted by molar-refractivity contribution is -0.137. The summed E-state index contributed by atoms with van der Waals surface area (Å²) in [7, 11) is 0. The van der Waals surface area contributed by atoms with Gasteiger partial charge in [-0.3, -0.25) is 9.69 Å². The second-order valence-corrected chi connectivity index (χ2v) is 5.87. The first-order valence-corrected chi connectivity index (χ1v) is 7.97. The molecule has 1 aromatic carbocycles. The Hall–Kier alpha value is -1.27. The van der Waals surface area contributed by atoms with Crippen LogP contribution in [0.1, 0.15) is 37.9 Å². The molecule has 0 saturated heterocycles. The number of benzene rings is 1. The van der Waals surface area contributed by atoms with E-state index in [1.54, 1.807) is 6.92 Å². The summed E-state index contributed by atoms with van der Waals surface area (Å²) in [5, 5.41) is 2.09. The van der Waals surface area contributed by atoms with E-state index in [-0.39, 0.29) is 11.9 Å². The molecule has 0 aliphatic heterocycles. The van der Waals surface area contributed by atoms with Gasteiger partial charge in [0, 0.05) is 6.54 Å². The van der Waals surface area contributed by atoms with E-state index in [2.05, 4.69) is 10.2 Å². The molecule has 2 unspecified atom stereocenters. The zero-order chi connectivity index (χ0) is 17.6. The topological polar surface area (TPSA) is 32.3 Å². The molecule has 130 valence electrons. The number of carbonyl (C=O) groups is 1. The van der Waals surface area contributed by atoms with Crippen LogP contribution in [0, 0.1) is 0 Å². The third-order valence-electron chi connectivity index (χ3n) is 3.71. The molecule has 1 N–H and O–H groups in total. The average molecular weight is 351 g/mol. The van der Waals surface area contributed by atoms with Crippen molar-refractivity contribution in [2.75, 3.05) is 19.6 Å². The number of nitrogens with one attached hydrogen (secondary N) is 1. The Kier molecular flexibility index (Phi) is 7.35. The molecule has 0 aliphatic rings. The molecule has 3 nitrogen and oxygen atoms in total. The van der Waals surface area contributed by atoms with E-state index in [1.807, 2.05) is 13.8 Å². The Morgan fingerprint density at radius 1 is 1.22 bits per heavy atom. The molecule has 0 aromatic heterocycles. The molecular formula is C16H22ClF3N2O. The molecule has 0 radical (unpaired) electrons. The van der Waals surface area contributed by atoms with Gasteiger partial charge >= 0.3 is 6.18 Å². The van der Waals surface area contributed by atoms with Gasteiger partial charge in [0.1, 0.15) is 5.38 Å². The van der Waals surface area contributed by atoms with Crippen LogP contribution in [0.25, 0.3) is 0 Å². The molecule has 0 saturated carbocycles. The summed E-state index contributed by atoms with van der Waals surface area (Å²) in [6.45, 7) is 7.23. The fraction of sp³-hybridized carbons (Fsp3) is 0.562. The minimum Gasteiger partial charge on any atom is -0.353 e. The summed E-state index contributed by atoms with van der Waals surface area (Å²) >= 11 is 5.73. The van der Waals surface area contributed by atoms with Crippen LogP contribution in [0.4, 0.5) is 13.2 Å². The van der Waals surface area contributed by atoms with Crippen LogP contribution in [-0.2, 0) is 11.0 Å². The van der Waals surface area contributed by atoms with E-state index in [9.17, 15) is 18.0 Å². The van der Waals surface area contributed by atoms with Crippen molar-refractivity contribution in [2.45, 2.75) is 38.4 Å². The van der Waals surface area contributed by atoms with Crippen LogP contribution < -0.4 is 5.32 Å². The number of rotatable bonds is 7. The lowest BCUT2D eigenvalue weighted by Crippen LogP contribution is -2.40. The van der Waals surface area contributed by atoms with Crippen molar-refractivity contribution in [3.63, 3.8) is 0 Å². The summed E-state index contributed by atoms with van der Waals surface area (Å²) in [5.74, 6) is -0.296. The number of nitrogens with zero attached hydrogens (tertiary/aromatic N) is 1. The molecule has 0 spiro atoms. The number of likely N-dealkylation sites (N-methyl/N-ethyl adjacent to an activating group) is 1. The Morgan fingerprint density at radius 3 is 2.13 bits per heavy atom. The van der Waals surface area contributed by atoms with E-state index >= 15 is 0 Å². The fourth-order valence-corrected chi connectivity index (χ4v) is 2.43. The zero-order valence-corrected chi connectivity index (χ0v) is 14.2. The number of amides is 1.